The lowest BCUT2D eigenvalue weighted by atomic mass is 10.1. The van der Waals surface area contributed by atoms with Crippen molar-refractivity contribution in [2.24, 2.45) is 0 Å². The van der Waals surface area contributed by atoms with Crippen molar-refractivity contribution in [2.45, 2.75) is 0 Å². The molecule has 0 radical (unpaired) electrons. The van der Waals surface area contributed by atoms with Gasteiger partial charge in [0.25, 0.3) is 11.8 Å². The van der Waals surface area contributed by atoms with Crippen LogP contribution in [0.15, 0.2) is 84.4 Å². The van der Waals surface area contributed by atoms with E-state index in [0.717, 1.165) is 0 Å². The van der Waals surface area contributed by atoms with Crippen molar-refractivity contribution in [1.29, 1.82) is 5.26 Å². The maximum absolute atomic E-state index is 12.3. The fourth-order valence-electron chi connectivity index (χ4n) is 2.78. The number of amides is 2. The van der Waals surface area contributed by atoms with Gasteiger partial charge >= 0.3 is 0 Å². The van der Waals surface area contributed by atoms with Crippen LogP contribution in [-0.4, -0.2) is 25.5 Å². The number of hydrogen-bond donors (Lipinski definition) is 2. The molecule has 0 heterocycles. The fraction of sp³-hybridized carbons (Fsp3) is 0.0800. The quantitative estimate of drug-likeness (QED) is 0.413. The van der Waals surface area contributed by atoms with E-state index in [1.807, 2.05) is 18.2 Å². The average molecular weight is 427 g/mol. The first-order valence-electron chi connectivity index (χ1n) is 9.73. The van der Waals surface area contributed by atoms with E-state index in [4.69, 9.17) is 9.47 Å². The third kappa shape index (κ3) is 6.21. The van der Waals surface area contributed by atoms with E-state index in [9.17, 15) is 14.9 Å². The van der Waals surface area contributed by atoms with Gasteiger partial charge in [0.15, 0.2) is 6.61 Å². The summed E-state index contributed by atoms with van der Waals surface area (Å²) in [5.74, 6) is 0.209. The Bertz CT molecular complexity index is 1150. The number of methoxy groups -OCH3 is 1. The van der Waals surface area contributed by atoms with E-state index in [1.54, 1.807) is 66.7 Å². The zero-order chi connectivity index (χ0) is 22.8. The van der Waals surface area contributed by atoms with Crippen molar-refractivity contribution in [1.82, 2.24) is 0 Å². The third-order valence-electron chi connectivity index (χ3n) is 4.34. The molecule has 0 saturated heterocycles. The molecule has 0 unspecified atom stereocenters. The smallest absolute Gasteiger partial charge is 0.266 e. The van der Waals surface area contributed by atoms with Gasteiger partial charge in [-0.15, -0.1) is 0 Å². The Kier molecular flexibility index (Phi) is 7.60. The first-order valence-corrected chi connectivity index (χ1v) is 9.73. The molecule has 0 fully saturated rings. The van der Waals surface area contributed by atoms with Gasteiger partial charge in [-0.2, -0.15) is 5.26 Å². The molecule has 7 nitrogen and oxygen atoms in total. The van der Waals surface area contributed by atoms with Gasteiger partial charge in [-0.1, -0.05) is 42.5 Å². The molecule has 0 aliphatic carbocycles. The van der Waals surface area contributed by atoms with Gasteiger partial charge in [0, 0.05) is 5.69 Å². The van der Waals surface area contributed by atoms with Crippen molar-refractivity contribution in [3.05, 3.63) is 90.0 Å². The topological polar surface area (TPSA) is 100 Å². The molecular weight excluding hydrogens is 406 g/mol. The van der Waals surface area contributed by atoms with E-state index < -0.39 is 5.91 Å². The zero-order valence-electron chi connectivity index (χ0n) is 17.4. The molecule has 3 rings (SSSR count). The predicted octanol–water partition coefficient (Wildman–Crippen LogP) is 4.26. The van der Waals surface area contributed by atoms with Crippen LogP contribution in [0, 0.1) is 11.3 Å². The van der Waals surface area contributed by atoms with Crippen LogP contribution < -0.4 is 20.1 Å². The highest BCUT2D eigenvalue weighted by Crippen LogP contribution is 2.23. The lowest BCUT2D eigenvalue weighted by Gasteiger charge is -2.10. The minimum atomic E-state index is -0.493. The monoisotopic (exact) mass is 427 g/mol. The Morgan fingerprint density at radius 3 is 2.31 bits per heavy atom. The van der Waals surface area contributed by atoms with E-state index in [0.29, 0.717) is 28.4 Å². The summed E-state index contributed by atoms with van der Waals surface area (Å²) in [6.45, 7) is -0.184. The largest absolute Gasteiger partial charge is 0.495 e. The van der Waals surface area contributed by atoms with Crippen LogP contribution in [-0.2, 0) is 9.59 Å². The second-order valence-electron chi connectivity index (χ2n) is 6.60. The standard InChI is InChI=1S/C25H21N3O4/c1-31-23-10-6-5-9-22(23)28-24(29)17-32-21-13-11-18(12-14-21)15-19(16-26)25(30)27-20-7-3-2-4-8-20/h2-15H,17H2,1H3,(H,27,30)(H,28,29)/b19-15+. The molecule has 7 heteroatoms. The molecule has 0 spiro atoms. The Hall–Kier alpha value is -4.57. The molecule has 160 valence electrons. The van der Waals surface area contributed by atoms with Crippen LogP contribution in [0.1, 0.15) is 5.56 Å². The van der Waals surface area contributed by atoms with E-state index in [1.165, 1.54) is 13.2 Å². The number of nitrogens with one attached hydrogen (secondary N) is 2. The number of hydrogen-bond acceptors (Lipinski definition) is 5. The molecule has 0 aliphatic rings. The van der Waals surface area contributed by atoms with Crippen LogP contribution in [0.2, 0.25) is 0 Å². The summed E-state index contributed by atoms with van der Waals surface area (Å²) in [7, 11) is 1.53. The molecule has 0 saturated carbocycles. The second kappa shape index (κ2) is 11.0. The molecule has 32 heavy (non-hydrogen) atoms. The second-order valence-corrected chi connectivity index (χ2v) is 6.60. The number of para-hydroxylation sites is 3. The van der Waals surface area contributed by atoms with Crippen LogP contribution in [0.3, 0.4) is 0 Å². The Morgan fingerprint density at radius 1 is 0.938 bits per heavy atom. The van der Waals surface area contributed by atoms with Gasteiger partial charge in [-0.3, -0.25) is 9.59 Å². The lowest BCUT2D eigenvalue weighted by molar-refractivity contribution is -0.118. The summed E-state index contributed by atoms with van der Waals surface area (Å²) >= 11 is 0. The molecule has 0 atom stereocenters. The summed E-state index contributed by atoms with van der Waals surface area (Å²) < 4.78 is 10.7. The first-order chi connectivity index (χ1) is 15.6. The van der Waals surface area contributed by atoms with Gasteiger partial charge in [0.1, 0.15) is 23.1 Å². The Morgan fingerprint density at radius 2 is 1.62 bits per heavy atom. The van der Waals surface area contributed by atoms with E-state index in [-0.39, 0.29) is 18.1 Å². The van der Waals surface area contributed by atoms with Gasteiger partial charge in [0.05, 0.1) is 12.8 Å². The highest BCUT2D eigenvalue weighted by Gasteiger charge is 2.10. The minimum Gasteiger partial charge on any atom is -0.495 e. The number of anilines is 2. The molecule has 0 aromatic heterocycles. The van der Waals surface area contributed by atoms with Gasteiger partial charge in [-0.05, 0) is 48.0 Å². The van der Waals surface area contributed by atoms with Gasteiger partial charge < -0.3 is 20.1 Å². The molecular formula is C25H21N3O4. The van der Waals surface area contributed by atoms with Gasteiger partial charge in [-0.25, -0.2) is 0 Å². The average Bonchev–Trinajstić information content (AvgIpc) is 2.83. The maximum Gasteiger partial charge on any atom is 0.266 e. The maximum atomic E-state index is 12.3. The van der Waals surface area contributed by atoms with Crippen LogP contribution in [0.5, 0.6) is 11.5 Å². The van der Waals surface area contributed by atoms with Crippen molar-refractivity contribution >= 4 is 29.3 Å². The summed E-state index contributed by atoms with van der Waals surface area (Å²) in [5, 5.41) is 14.7. The number of carbonyl (C=O) groups excluding carboxylic acids is 2. The normalized spacial score (nSPS) is 10.6. The first kappa shape index (κ1) is 22.1. The number of nitrogens with zero attached hydrogens (tertiary/aromatic N) is 1. The van der Waals surface area contributed by atoms with Gasteiger partial charge in [0.2, 0.25) is 0 Å². The summed E-state index contributed by atoms with van der Waals surface area (Å²) in [5.41, 5.74) is 1.78. The minimum absolute atomic E-state index is 0.0290. The Balaban J connectivity index is 1.57. The predicted molar refractivity (Wildman–Crippen MR) is 122 cm³/mol. The summed E-state index contributed by atoms with van der Waals surface area (Å²) in [6, 6.07) is 24.6. The fourth-order valence-corrected chi connectivity index (χ4v) is 2.78. The van der Waals surface area contributed by atoms with Crippen molar-refractivity contribution < 1.29 is 19.1 Å². The van der Waals surface area contributed by atoms with Crippen molar-refractivity contribution in [3.63, 3.8) is 0 Å². The van der Waals surface area contributed by atoms with E-state index in [2.05, 4.69) is 10.6 Å². The number of rotatable bonds is 8. The van der Waals surface area contributed by atoms with Crippen molar-refractivity contribution in [3.8, 4) is 17.6 Å². The summed E-state index contributed by atoms with van der Waals surface area (Å²) in [4.78, 5) is 24.5. The molecule has 2 amide bonds. The lowest BCUT2D eigenvalue weighted by Crippen LogP contribution is -2.20. The zero-order valence-corrected chi connectivity index (χ0v) is 17.4. The highest BCUT2D eigenvalue weighted by molar-refractivity contribution is 6.09. The van der Waals surface area contributed by atoms with Crippen LogP contribution >= 0.6 is 0 Å². The van der Waals surface area contributed by atoms with Crippen LogP contribution in [0.4, 0.5) is 11.4 Å². The van der Waals surface area contributed by atoms with Crippen LogP contribution in [0.25, 0.3) is 6.08 Å². The third-order valence-corrected chi connectivity index (χ3v) is 4.34. The number of nitriles is 1. The number of benzene rings is 3. The molecule has 0 aliphatic heterocycles. The molecule has 2 N–H and O–H groups in total. The number of carbonyl (C=O) groups is 2. The highest BCUT2D eigenvalue weighted by atomic mass is 16.5. The van der Waals surface area contributed by atoms with Crippen molar-refractivity contribution in [2.75, 3.05) is 24.4 Å². The summed E-state index contributed by atoms with van der Waals surface area (Å²) in [6.07, 6.45) is 1.48. The molecule has 0 bridgehead atoms. The molecule has 3 aromatic rings. The SMILES string of the molecule is COc1ccccc1NC(=O)COc1ccc(/C=C(\C#N)C(=O)Nc2ccccc2)cc1. The molecule has 3 aromatic carbocycles. The number of ether oxygens (including phenoxy) is 2. The van der Waals surface area contributed by atoms with E-state index >= 15 is 0 Å². The Labute approximate surface area is 185 Å².